The number of anilines is 1. The number of halogens is 1. The van der Waals surface area contributed by atoms with Crippen LogP contribution in [0.25, 0.3) is 0 Å². The van der Waals surface area contributed by atoms with E-state index < -0.39 is 0 Å². The standard InChI is InChI=1S/C17H16BrNO2/c1-11-2-4-12(5-3-11)8-14(18)13-6-7-16-15(9-13)19-17(20)10-21-16/h2-7,9,14H,8,10H2,1H3,(H,19,20). The Morgan fingerprint density at radius 2 is 2.00 bits per heavy atom. The fraction of sp³-hybridized carbons (Fsp3) is 0.235. The topological polar surface area (TPSA) is 38.3 Å². The number of alkyl halides is 1. The first-order valence-corrected chi connectivity index (χ1v) is 7.79. The van der Waals surface area contributed by atoms with E-state index >= 15 is 0 Å². The number of benzene rings is 2. The molecule has 1 aliphatic rings. The van der Waals surface area contributed by atoms with Crippen molar-refractivity contribution in [3.63, 3.8) is 0 Å². The second-order valence-corrected chi connectivity index (χ2v) is 6.36. The number of carbonyl (C=O) groups excluding carboxylic acids is 1. The molecule has 3 rings (SSSR count). The number of rotatable bonds is 3. The summed E-state index contributed by atoms with van der Waals surface area (Å²) in [6.45, 7) is 2.18. The van der Waals surface area contributed by atoms with Gasteiger partial charge in [-0.3, -0.25) is 4.79 Å². The van der Waals surface area contributed by atoms with E-state index in [0.29, 0.717) is 0 Å². The van der Waals surface area contributed by atoms with Crippen molar-refractivity contribution in [2.24, 2.45) is 0 Å². The zero-order chi connectivity index (χ0) is 14.8. The van der Waals surface area contributed by atoms with Gasteiger partial charge in [-0.15, -0.1) is 0 Å². The van der Waals surface area contributed by atoms with E-state index in [0.717, 1.165) is 23.4 Å². The molecular weight excluding hydrogens is 330 g/mol. The largest absolute Gasteiger partial charge is 0.482 e. The number of amides is 1. The molecule has 21 heavy (non-hydrogen) atoms. The van der Waals surface area contributed by atoms with Crippen molar-refractivity contribution in [1.29, 1.82) is 0 Å². The minimum Gasteiger partial charge on any atom is -0.482 e. The lowest BCUT2D eigenvalue weighted by Crippen LogP contribution is -2.25. The van der Waals surface area contributed by atoms with E-state index in [2.05, 4.69) is 52.4 Å². The van der Waals surface area contributed by atoms with Crippen LogP contribution in [0.5, 0.6) is 5.75 Å². The molecule has 0 spiro atoms. The third-order valence-electron chi connectivity index (χ3n) is 3.53. The quantitative estimate of drug-likeness (QED) is 0.853. The fourth-order valence-corrected chi connectivity index (χ4v) is 3.00. The number of hydrogen-bond acceptors (Lipinski definition) is 2. The molecule has 1 aliphatic heterocycles. The lowest BCUT2D eigenvalue weighted by molar-refractivity contribution is -0.118. The van der Waals surface area contributed by atoms with E-state index in [1.165, 1.54) is 11.1 Å². The van der Waals surface area contributed by atoms with Gasteiger partial charge in [-0.1, -0.05) is 51.8 Å². The normalized spacial score (nSPS) is 14.9. The summed E-state index contributed by atoms with van der Waals surface area (Å²) in [6.07, 6.45) is 0.897. The summed E-state index contributed by atoms with van der Waals surface area (Å²) in [7, 11) is 0. The summed E-state index contributed by atoms with van der Waals surface area (Å²) in [5.74, 6) is 0.623. The molecule has 1 atom stereocenters. The van der Waals surface area contributed by atoms with Crippen LogP contribution in [-0.2, 0) is 11.2 Å². The first kappa shape index (κ1) is 14.1. The zero-order valence-corrected chi connectivity index (χ0v) is 13.3. The third-order valence-corrected chi connectivity index (χ3v) is 4.39. The van der Waals surface area contributed by atoms with Crippen LogP contribution < -0.4 is 10.1 Å². The molecule has 1 N–H and O–H groups in total. The van der Waals surface area contributed by atoms with Gasteiger partial charge in [0.25, 0.3) is 5.91 Å². The van der Waals surface area contributed by atoms with E-state index in [-0.39, 0.29) is 17.3 Å². The van der Waals surface area contributed by atoms with Gasteiger partial charge in [-0.2, -0.15) is 0 Å². The minimum atomic E-state index is -0.107. The van der Waals surface area contributed by atoms with Crippen molar-refractivity contribution in [2.45, 2.75) is 18.2 Å². The number of nitrogens with one attached hydrogen (secondary N) is 1. The predicted octanol–water partition coefficient (Wildman–Crippen LogP) is 4.00. The average Bonchev–Trinajstić information content (AvgIpc) is 2.48. The third kappa shape index (κ3) is 3.27. The van der Waals surface area contributed by atoms with Crippen LogP contribution >= 0.6 is 15.9 Å². The summed E-state index contributed by atoms with van der Waals surface area (Å²) in [5.41, 5.74) is 4.41. The van der Waals surface area contributed by atoms with Gasteiger partial charge in [0, 0.05) is 4.83 Å². The smallest absolute Gasteiger partial charge is 0.262 e. The first-order valence-electron chi connectivity index (χ1n) is 6.88. The fourth-order valence-electron chi connectivity index (χ4n) is 2.34. The maximum absolute atomic E-state index is 11.4. The van der Waals surface area contributed by atoms with Gasteiger partial charge in [-0.05, 0) is 36.6 Å². The zero-order valence-electron chi connectivity index (χ0n) is 11.7. The summed E-state index contributed by atoms with van der Waals surface area (Å²) in [6, 6.07) is 14.4. The van der Waals surface area contributed by atoms with Gasteiger partial charge in [-0.25, -0.2) is 0 Å². The number of ether oxygens (including phenoxy) is 1. The Labute approximate surface area is 132 Å². The number of hydrogen-bond donors (Lipinski definition) is 1. The maximum atomic E-state index is 11.4. The van der Waals surface area contributed by atoms with Crippen LogP contribution in [0, 0.1) is 6.92 Å². The van der Waals surface area contributed by atoms with Gasteiger partial charge < -0.3 is 10.1 Å². The van der Waals surface area contributed by atoms with Crippen molar-refractivity contribution in [3.05, 3.63) is 59.2 Å². The van der Waals surface area contributed by atoms with Gasteiger partial charge in [0.2, 0.25) is 0 Å². The van der Waals surface area contributed by atoms with E-state index in [1.54, 1.807) is 0 Å². The van der Waals surface area contributed by atoms with Crippen molar-refractivity contribution >= 4 is 27.5 Å². The average molecular weight is 346 g/mol. The molecule has 2 aromatic rings. The molecular formula is C17H16BrNO2. The molecule has 0 radical (unpaired) electrons. The first-order chi connectivity index (χ1) is 10.1. The summed E-state index contributed by atoms with van der Waals surface area (Å²) >= 11 is 3.73. The predicted molar refractivity (Wildman–Crippen MR) is 87.1 cm³/mol. The Bertz CT molecular complexity index is 667. The molecule has 0 saturated carbocycles. The number of aryl methyl sites for hydroxylation is 1. The number of fused-ring (bicyclic) bond motifs is 1. The lowest BCUT2D eigenvalue weighted by atomic mass is 10.0. The van der Waals surface area contributed by atoms with Crippen LogP contribution in [0.1, 0.15) is 21.5 Å². The van der Waals surface area contributed by atoms with Crippen LogP contribution in [0.4, 0.5) is 5.69 Å². The molecule has 0 bridgehead atoms. The van der Waals surface area contributed by atoms with Gasteiger partial charge in [0.05, 0.1) is 5.69 Å². The highest BCUT2D eigenvalue weighted by Gasteiger charge is 2.18. The highest BCUT2D eigenvalue weighted by molar-refractivity contribution is 9.09. The molecule has 108 valence electrons. The summed E-state index contributed by atoms with van der Waals surface area (Å²) in [4.78, 5) is 11.6. The van der Waals surface area contributed by atoms with E-state index in [4.69, 9.17) is 4.74 Å². The molecule has 0 saturated heterocycles. The highest BCUT2D eigenvalue weighted by atomic mass is 79.9. The van der Waals surface area contributed by atoms with Crippen molar-refractivity contribution in [1.82, 2.24) is 0 Å². The van der Waals surface area contributed by atoms with Crippen molar-refractivity contribution < 1.29 is 9.53 Å². The maximum Gasteiger partial charge on any atom is 0.262 e. The van der Waals surface area contributed by atoms with Gasteiger partial charge in [0.15, 0.2) is 6.61 Å². The second kappa shape index (κ2) is 5.90. The summed E-state index contributed by atoms with van der Waals surface area (Å²) < 4.78 is 5.37. The Balaban J connectivity index is 1.78. The number of carbonyl (C=O) groups is 1. The molecule has 0 aromatic heterocycles. The van der Waals surface area contributed by atoms with Crippen LogP contribution in [0.15, 0.2) is 42.5 Å². The molecule has 1 heterocycles. The van der Waals surface area contributed by atoms with E-state index in [1.807, 2.05) is 18.2 Å². The van der Waals surface area contributed by atoms with Crippen LogP contribution in [-0.4, -0.2) is 12.5 Å². The van der Waals surface area contributed by atoms with E-state index in [9.17, 15) is 4.79 Å². The summed E-state index contributed by atoms with van der Waals surface area (Å²) in [5, 5.41) is 2.84. The Kier molecular flexibility index (Phi) is 3.97. The molecule has 1 unspecified atom stereocenters. The molecule has 2 aromatic carbocycles. The minimum absolute atomic E-state index is 0.0907. The molecule has 0 aliphatic carbocycles. The van der Waals surface area contributed by atoms with Gasteiger partial charge >= 0.3 is 0 Å². The highest BCUT2D eigenvalue weighted by Crippen LogP contribution is 2.34. The molecule has 4 heteroatoms. The van der Waals surface area contributed by atoms with Crippen molar-refractivity contribution in [2.75, 3.05) is 11.9 Å². The Morgan fingerprint density at radius 3 is 2.76 bits per heavy atom. The van der Waals surface area contributed by atoms with Crippen LogP contribution in [0.2, 0.25) is 0 Å². The Hall–Kier alpha value is -1.81. The molecule has 0 fully saturated rings. The SMILES string of the molecule is Cc1ccc(CC(Br)c2ccc3c(c2)NC(=O)CO3)cc1. The lowest BCUT2D eigenvalue weighted by Gasteiger charge is -2.20. The molecule has 3 nitrogen and oxygen atoms in total. The Morgan fingerprint density at radius 1 is 1.24 bits per heavy atom. The monoisotopic (exact) mass is 345 g/mol. The second-order valence-electron chi connectivity index (χ2n) is 5.25. The molecule has 1 amide bonds. The van der Waals surface area contributed by atoms with Gasteiger partial charge in [0.1, 0.15) is 5.75 Å². The van der Waals surface area contributed by atoms with Crippen molar-refractivity contribution in [3.8, 4) is 5.75 Å². The van der Waals surface area contributed by atoms with Crippen LogP contribution in [0.3, 0.4) is 0 Å².